The molecule has 0 unspecified atom stereocenters. The molecule has 6 nitrogen and oxygen atoms in total. The summed E-state index contributed by atoms with van der Waals surface area (Å²) in [6.45, 7) is 0.369. The first-order chi connectivity index (χ1) is 10.6. The highest BCUT2D eigenvalue weighted by Crippen LogP contribution is 2.53. The molecule has 0 saturated heterocycles. The minimum atomic E-state index is -1.40. The van der Waals surface area contributed by atoms with E-state index in [2.05, 4.69) is 5.16 Å². The monoisotopic (exact) mass is 303 g/mol. The fourth-order valence-corrected chi connectivity index (χ4v) is 3.52. The number of oxime groups is 1. The quantitative estimate of drug-likeness (QED) is 0.625. The molecule has 116 valence electrons. The molecule has 1 aliphatic heterocycles. The molecule has 0 N–H and O–H groups in total. The molecule has 1 heterocycles. The second-order valence-corrected chi connectivity index (χ2v) is 5.51. The number of rotatable bonds is 3. The largest absolute Gasteiger partial charge is 0.468 e. The molecule has 0 radical (unpaired) electrons. The van der Waals surface area contributed by atoms with Gasteiger partial charge < -0.3 is 14.3 Å². The van der Waals surface area contributed by atoms with Crippen LogP contribution in [0.2, 0.25) is 0 Å². The van der Waals surface area contributed by atoms with Crippen molar-refractivity contribution >= 4 is 17.7 Å². The Morgan fingerprint density at radius 3 is 2.41 bits per heavy atom. The van der Waals surface area contributed by atoms with Crippen LogP contribution in [0, 0.1) is 11.3 Å². The first-order valence-corrected chi connectivity index (χ1v) is 7.06. The standard InChI is InChI=1S/C16H17NO5/c1-20-14(18)16(15(19)21-2)8-11-9-22-17-13(11)12(16)10-6-4-3-5-7-10/h3-7,11-12H,8-9H2,1-2H3/t11-,12+/m0/s1. The second kappa shape index (κ2) is 5.44. The highest BCUT2D eigenvalue weighted by Gasteiger charge is 2.64. The van der Waals surface area contributed by atoms with Crippen molar-refractivity contribution in [3.05, 3.63) is 35.9 Å². The lowest BCUT2D eigenvalue weighted by Gasteiger charge is -2.30. The maximum atomic E-state index is 12.5. The van der Waals surface area contributed by atoms with Crippen molar-refractivity contribution < 1.29 is 23.9 Å². The lowest BCUT2D eigenvalue weighted by atomic mass is 9.73. The number of esters is 2. The van der Waals surface area contributed by atoms with E-state index in [1.54, 1.807) is 0 Å². The average molecular weight is 303 g/mol. The fraction of sp³-hybridized carbons (Fsp3) is 0.438. The Hall–Kier alpha value is -2.37. The van der Waals surface area contributed by atoms with E-state index >= 15 is 0 Å². The maximum absolute atomic E-state index is 12.5. The Morgan fingerprint density at radius 2 is 1.82 bits per heavy atom. The van der Waals surface area contributed by atoms with E-state index in [0.717, 1.165) is 5.56 Å². The smallest absolute Gasteiger partial charge is 0.324 e. The van der Waals surface area contributed by atoms with Gasteiger partial charge in [0, 0.05) is 5.92 Å². The van der Waals surface area contributed by atoms with E-state index in [9.17, 15) is 9.59 Å². The van der Waals surface area contributed by atoms with Crippen molar-refractivity contribution in [2.45, 2.75) is 12.3 Å². The van der Waals surface area contributed by atoms with Gasteiger partial charge >= 0.3 is 11.9 Å². The number of hydrogen-bond donors (Lipinski definition) is 0. The Labute approximate surface area is 128 Å². The summed E-state index contributed by atoms with van der Waals surface area (Å²) in [5.74, 6) is -1.79. The van der Waals surface area contributed by atoms with Gasteiger partial charge in [-0.05, 0) is 12.0 Å². The molecule has 1 aliphatic carbocycles. The van der Waals surface area contributed by atoms with Gasteiger partial charge in [-0.2, -0.15) is 0 Å². The normalized spacial score (nSPS) is 24.9. The van der Waals surface area contributed by atoms with Gasteiger partial charge in [-0.15, -0.1) is 0 Å². The zero-order valence-electron chi connectivity index (χ0n) is 12.4. The summed E-state index contributed by atoms with van der Waals surface area (Å²) < 4.78 is 9.88. The molecule has 2 atom stereocenters. The Bertz CT molecular complexity index is 609. The van der Waals surface area contributed by atoms with E-state index in [1.807, 2.05) is 30.3 Å². The van der Waals surface area contributed by atoms with E-state index in [0.29, 0.717) is 12.3 Å². The summed E-state index contributed by atoms with van der Waals surface area (Å²) in [6.07, 6.45) is 0.282. The molecule has 1 saturated carbocycles. The Kier molecular flexibility index (Phi) is 3.60. The molecule has 0 amide bonds. The maximum Gasteiger partial charge on any atom is 0.324 e. The van der Waals surface area contributed by atoms with E-state index in [-0.39, 0.29) is 12.3 Å². The molecule has 1 aromatic rings. The van der Waals surface area contributed by atoms with Crippen molar-refractivity contribution in [1.82, 2.24) is 0 Å². The minimum Gasteiger partial charge on any atom is -0.468 e. The average Bonchev–Trinajstić information content (AvgIpc) is 3.12. The van der Waals surface area contributed by atoms with Crippen LogP contribution in [0.25, 0.3) is 0 Å². The first kappa shape index (κ1) is 14.6. The van der Waals surface area contributed by atoms with Crippen LogP contribution in [0.5, 0.6) is 0 Å². The molecule has 0 aromatic heterocycles. The van der Waals surface area contributed by atoms with Crippen LogP contribution in [0.1, 0.15) is 17.9 Å². The number of ether oxygens (including phenoxy) is 2. The third kappa shape index (κ3) is 1.90. The van der Waals surface area contributed by atoms with Crippen LogP contribution in [0.3, 0.4) is 0 Å². The van der Waals surface area contributed by atoms with Crippen molar-refractivity contribution in [1.29, 1.82) is 0 Å². The number of benzene rings is 1. The predicted octanol–water partition coefficient (Wildman–Crippen LogP) is 1.51. The number of carbonyl (C=O) groups excluding carboxylic acids is 2. The number of carbonyl (C=O) groups is 2. The van der Waals surface area contributed by atoms with E-state index < -0.39 is 23.3 Å². The molecule has 0 bridgehead atoms. The van der Waals surface area contributed by atoms with Gasteiger partial charge in [0.15, 0.2) is 5.41 Å². The molecular weight excluding hydrogens is 286 g/mol. The molecular formula is C16H17NO5. The Balaban J connectivity index is 2.18. The van der Waals surface area contributed by atoms with Gasteiger partial charge in [-0.25, -0.2) is 0 Å². The molecule has 2 aliphatic rings. The van der Waals surface area contributed by atoms with E-state index in [1.165, 1.54) is 14.2 Å². The minimum absolute atomic E-state index is 0.0802. The number of methoxy groups -OCH3 is 2. The van der Waals surface area contributed by atoms with Crippen molar-refractivity contribution in [2.24, 2.45) is 16.5 Å². The third-order valence-electron chi connectivity index (χ3n) is 4.45. The summed E-state index contributed by atoms with van der Waals surface area (Å²) in [5, 5.41) is 4.09. The van der Waals surface area contributed by atoms with Crippen LogP contribution in [-0.4, -0.2) is 38.5 Å². The Morgan fingerprint density at radius 1 is 1.18 bits per heavy atom. The molecule has 22 heavy (non-hydrogen) atoms. The SMILES string of the molecule is COC(=O)C1(C(=O)OC)C[C@H]2CON=C2[C@H]1c1ccccc1. The summed E-state index contributed by atoms with van der Waals surface area (Å²) in [6, 6.07) is 9.33. The first-order valence-electron chi connectivity index (χ1n) is 7.06. The van der Waals surface area contributed by atoms with Gasteiger partial charge in [0.1, 0.15) is 6.61 Å². The highest BCUT2D eigenvalue weighted by atomic mass is 16.6. The summed E-state index contributed by atoms with van der Waals surface area (Å²) in [5.41, 5.74) is 0.130. The summed E-state index contributed by atoms with van der Waals surface area (Å²) >= 11 is 0. The number of hydrogen-bond acceptors (Lipinski definition) is 6. The van der Waals surface area contributed by atoms with Crippen molar-refractivity contribution in [3.63, 3.8) is 0 Å². The predicted molar refractivity (Wildman–Crippen MR) is 77.1 cm³/mol. The second-order valence-electron chi connectivity index (χ2n) is 5.51. The van der Waals surface area contributed by atoms with Crippen LogP contribution in [0.4, 0.5) is 0 Å². The zero-order chi connectivity index (χ0) is 15.7. The number of fused-ring (bicyclic) bond motifs is 1. The molecule has 1 aromatic carbocycles. The van der Waals surface area contributed by atoms with Crippen LogP contribution in [-0.2, 0) is 23.9 Å². The van der Waals surface area contributed by atoms with Gasteiger partial charge in [0.05, 0.1) is 25.8 Å². The molecule has 3 rings (SSSR count). The summed E-state index contributed by atoms with van der Waals surface area (Å²) in [7, 11) is 2.56. The van der Waals surface area contributed by atoms with Gasteiger partial charge in [0.2, 0.25) is 0 Å². The van der Waals surface area contributed by atoms with Crippen LogP contribution >= 0.6 is 0 Å². The van der Waals surface area contributed by atoms with Crippen LogP contribution in [0.15, 0.2) is 35.5 Å². The van der Waals surface area contributed by atoms with Crippen LogP contribution < -0.4 is 0 Å². The molecule has 6 heteroatoms. The van der Waals surface area contributed by atoms with Crippen molar-refractivity contribution in [2.75, 3.05) is 20.8 Å². The number of nitrogens with zero attached hydrogens (tertiary/aromatic N) is 1. The highest BCUT2D eigenvalue weighted by molar-refractivity contribution is 6.12. The lowest BCUT2D eigenvalue weighted by Crippen LogP contribution is -2.44. The third-order valence-corrected chi connectivity index (χ3v) is 4.45. The van der Waals surface area contributed by atoms with Crippen molar-refractivity contribution in [3.8, 4) is 0 Å². The van der Waals surface area contributed by atoms with Gasteiger partial charge in [-0.3, -0.25) is 9.59 Å². The van der Waals surface area contributed by atoms with E-state index in [4.69, 9.17) is 14.3 Å². The van der Waals surface area contributed by atoms with Gasteiger partial charge in [-0.1, -0.05) is 35.5 Å². The summed E-state index contributed by atoms with van der Waals surface area (Å²) in [4.78, 5) is 30.2. The molecule has 1 fully saturated rings. The molecule has 0 spiro atoms. The fourth-order valence-electron chi connectivity index (χ4n) is 3.52. The lowest BCUT2D eigenvalue weighted by molar-refractivity contribution is -0.170. The topological polar surface area (TPSA) is 74.2 Å². The zero-order valence-corrected chi connectivity index (χ0v) is 12.4. The van der Waals surface area contributed by atoms with Gasteiger partial charge in [0.25, 0.3) is 0 Å².